The van der Waals surface area contributed by atoms with Gasteiger partial charge in [-0.05, 0) is 31.0 Å². The van der Waals surface area contributed by atoms with E-state index in [0.29, 0.717) is 12.5 Å². The van der Waals surface area contributed by atoms with Crippen LogP contribution in [-0.2, 0) is 0 Å². The smallest absolute Gasteiger partial charge is 0.164 e. The summed E-state index contributed by atoms with van der Waals surface area (Å²) in [5.41, 5.74) is 3.29. The van der Waals surface area contributed by atoms with Crippen LogP contribution < -0.4 is 5.32 Å². The summed E-state index contributed by atoms with van der Waals surface area (Å²) in [5, 5.41) is 3.40. The molecule has 1 aromatic rings. The molecular weight excluding hydrogens is 230 g/mol. The molecular formula is C14H19NOS. The molecule has 0 aliphatic carbocycles. The van der Waals surface area contributed by atoms with Crippen LogP contribution in [0.25, 0.3) is 0 Å². The van der Waals surface area contributed by atoms with Crippen LogP contribution in [0.4, 0.5) is 0 Å². The lowest BCUT2D eigenvalue weighted by atomic mass is 10.00. The predicted octanol–water partition coefficient (Wildman–Crippen LogP) is 2.58. The first-order valence-corrected chi connectivity index (χ1v) is 7.24. The number of ketones is 1. The number of rotatable bonds is 3. The normalized spacial score (nSPS) is 20.2. The molecule has 1 fully saturated rings. The van der Waals surface area contributed by atoms with Gasteiger partial charge < -0.3 is 5.32 Å². The standard InChI is InChI=1S/C14H19NOS/c1-10-3-4-12(7-11(10)2)14(16)8-13-9-17-6-5-15-13/h3-4,7,13,15H,5-6,8-9H2,1-2H3. The first kappa shape index (κ1) is 12.7. The fourth-order valence-electron chi connectivity index (χ4n) is 2.01. The van der Waals surface area contributed by atoms with Gasteiger partial charge in [0.25, 0.3) is 0 Å². The Labute approximate surface area is 107 Å². The maximum atomic E-state index is 12.1. The Bertz CT molecular complexity index is 411. The van der Waals surface area contributed by atoms with Gasteiger partial charge in [-0.1, -0.05) is 12.1 Å². The lowest BCUT2D eigenvalue weighted by Crippen LogP contribution is -2.38. The Hall–Kier alpha value is -0.800. The zero-order chi connectivity index (χ0) is 12.3. The summed E-state index contributed by atoms with van der Waals surface area (Å²) < 4.78 is 0. The van der Waals surface area contributed by atoms with E-state index in [1.54, 1.807) is 0 Å². The highest BCUT2D eigenvalue weighted by Gasteiger charge is 2.17. The molecule has 1 atom stereocenters. The van der Waals surface area contributed by atoms with Gasteiger partial charge in [-0.15, -0.1) is 0 Å². The van der Waals surface area contributed by atoms with Gasteiger partial charge in [-0.2, -0.15) is 11.8 Å². The Morgan fingerprint density at radius 3 is 2.88 bits per heavy atom. The average molecular weight is 249 g/mol. The highest BCUT2D eigenvalue weighted by molar-refractivity contribution is 7.99. The zero-order valence-corrected chi connectivity index (χ0v) is 11.3. The fourth-order valence-corrected chi connectivity index (χ4v) is 2.96. The summed E-state index contributed by atoms with van der Waals surface area (Å²) in [7, 11) is 0. The van der Waals surface area contributed by atoms with E-state index >= 15 is 0 Å². The van der Waals surface area contributed by atoms with E-state index in [2.05, 4.69) is 19.2 Å². The second kappa shape index (κ2) is 5.69. The summed E-state index contributed by atoms with van der Waals surface area (Å²) in [5.74, 6) is 2.47. The van der Waals surface area contributed by atoms with Crippen LogP contribution in [0.2, 0.25) is 0 Å². The van der Waals surface area contributed by atoms with Crippen LogP contribution in [0.3, 0.4) is 0 Å². The molecule has 0 amide bonds. The molecule has 0 spiro atoms. The number of aryl methyl sites for hydroxylation is 2. The number of carbonyl (C=O) groups is 1. The van der Waals surface area contributed by atoms with Crippen LogP contribution in [0.5, 0.6) is 0 Å². The van der Waals surface area contributed by atoms with Crippen LogP contribution in [0, 0.1) is 13.8 Å². The van der Waals surface area contributed by atoms with E-state index in [-0.39, 0.29) is 5.78 Å². The molecule has 1 aromatic carbocycles. The summed E-state index contributed by atoms with van der Waals surface area (Å²) in [4.78, 5) is 12.1. The van der Waals surface area contributed by atoms with Crippen molar-refractivity contribution in [3.05, 3.63) is 34.9 Å². The quantitative estimate of drug-likeness (QED) is 0.835. The highest BCUT2D eigenvalue weighted by atomic mass is 32.2. The van der Waals surface area contributed by atoms with Crippen molar-refractivity contribution in [3.63, 3.8) is 0 Å². The van der Waals surface area contributed by atoms with Crippen molar-refractivity contribution in [1.82, 2.24) is 5.32 Å². The Morgan fingerprint density at radius 1 is 1.41 bits per heavy atom. The predicted molar refractivity (Wildman–Crippen MR) is 74.0 cm³/mol. The largest absolute Gasteiger partial charge is 0.312 e. The monoisotopic (exact) mass is 249 g/mol. The van der Waals surface area contributed by atoms with Crippen molar-refractivity contribution in [3.8, 4) is 0 Å². The van der Waals surface area contributed by atoms with Crippen LogP contribution in [0.1, 0.15) is 27.9 Å². The molecule has 0 aromatic heterocycles. The van der Waals surface area contributed by atoms with Gasteiger partial charge >= 0.3 is 0 Å². The third kappa shape index (κ3) is 3.33. The van der Waals surface area contributed by atoms with E-state index in [0.717, 1.165) is 23.6 Å². The van der Waals surface area contributed by atoms with Gasteiger partial charge in [0.1, 0.15) is 0 Å². The second-order valence-corrected chi connectivity index (χ2v) is 5.80. The molecule has 3 heteroatoms. The molecule has 0 bridgehead atoms. The van der Waals surface area contributed by atoms with Gasteiger partial charge in [0.2, 0.25) is 0 Å². The first-order valence-electron chi connectivity index (χ1n) is 6.08. The lowest BCUT2D eigenvalue weighted by Gasteiger charge is -2.22. The van der Waals surface area contributed by atoms with Crippen molar-refractivity contribution < 1.29 is 4.79 Å². The van der Waals surface area contributed by atoms with Crippen molar-refractivity contribution in [1.29, 1.82) is 0 Å². The minimum absolute atomic E-state index is 0.258. The molecule has 1 N–H and O–H groups in total. The number of hydrogen-bond acceptors (Lipinski definition) is 3. The van der Waals surface area contributed by atoms with Crippen molar-refractivity contribution in [2.24, 2.45) is 0 Å². The summed E-state index contributed by atoms with van der Waals surface area (Å²) >= 11 is 1.93. The maximum absolute atomic E-state index is 12.1. The molecule has 17 heavy (non-hydrogen) atoms. The highest BCUT2D eigenvalue weighted by Crippen LogP contribution is 2.15. The molecule has 1 aliphatic heterocycles. The van der Waals surface area contributed by atoms with Crippen molar-refractivity contribution in [2.45, 2.75) is 26.3 Å². The molecule has 1 heterocycles. The topological polar surface area (TPSA) is 29.1 Å². The van der Waals surface area contributed by atoms with E-state index in [1.165, 1.54) is 11.1 Å². The van der Waals surface area contributed by atoms with Crippen LogP contribution >= 0.6 is 11.8 Å². The summed E-state index contributed by atoms with van der Waals surface area (Å²) in [6, 6.07) is 6.34. The molecule has 0 radical (unpaired) electrons. The third-order valence-corrected chi connectivity index (χ3v) is 4.39. The van der Waals surface area contributed by atoms with E-state index in [9.17, 15) is 4.79 Å². The Balaban J connectivity index is 2.01. The number of Topliss-reactive ketones (excluding diaryl/α,β-unsaturated/α-hetero) is 1. The van der Waals surface area contributed by atoms with E-state index < -0.39 is 0 Å². The molecule has 2 nitrogen and oxygen atoms in total. The first-order chi connectivity index (χ1) is 8.16. The molecule has 2 rings (SSSR count). The molecule has 0 saturated carbocycles. The molecule has 92 valence electrons. The van der Waals surface area contributed by atoms with Crippen molar-refractivity contribution in [2.75, 3.05) is 18.1 Å². The fraction of sp³-hybridized carbons (Fsp3) is 0.500. The second-order valence-electron chi connectivity index (χ2n) is 4.65. The minimum atomic E-state index is 0.258. The Morgan fingerprint density at radius 2 is 2.24 bits per heavy atom. The van der Waals surface area contributed by atoms with E-state index in [1.807, 2.05) is 30.0 Å². The van der Waals surface area contributed by atoms with Gasteiger partial charge in [0.05, 0.1) is 0 Å². The molecule has 1 aliphatic rings. The maximum Gasteiger partial charge on any atom is 0.164 e. The number of nitrogens with one attached hydrogen (secondary N) is 1. The lowest BCUT2D eigenvalue weighted by molar-refractivity contribution is 0.0972. The number of carbonyl (C=O) groups excluding carboxylic acids is 1. The summed E-state index contributed by atoms with van der Waals surface area (Å²) in [6.45, 7) is 5.15. The van der Waals surface area contributed by atoms with Gasteiger partial charge in [0.15, 0.2) is 5.78 Å². The zero-order valence-electron chi connectivity index (χ0n) is 10.5. The van der Waals surface area contributed by atoms with Crippen LogP contribution in [-0.4, -0.2) is 29.9 Å². The third-order valence-electron chi connectivity index (χ3n) is 3.26. The molecule has 1 saturated heterocycles. The van der Waals surface area contributed by atoms with Crippen LogP contribution in [0.15, 0.2) is 18.2 Å². The van der Waals surface area contributed by atoms with Gasteiger partial charge in [0, 0.05) is 36.1 Å². The van der Waals surface area contributed by atoms with Gasteiger partial charge in [-0.3, -0.25) is 4.79 Å². The average Bonchev–Trinajstić information content (AvgIpc) is 2.34. The Kier molecular flexibility index (Phi) is 4.24. The molecule has 1 unspecified atom stereocenters. The minimum Gasteiger partial charge on any atom is -0.312 e. The number of benzene rings is 1. The van der Waals surface area contributed by atoms with Crippen molar-refractivity contribution >= 4 is 17.5 Å². The van der Waals surface area contributed by atoms with E-state index in [4.69, 9.17) is 0 Å². The SMILES string of the molecule is Cc1ccc(C(=O)CC2CSCCN2)cc1C. The number of hydrogen-bond donors (Lipinski definition) is 1. The number of thioether (sulfide) groups is 1. The van der Waals surface area contributed by atoms with Gasteiger partial charge in [-0.25, -0.2) is 0 Å². The summed E-state index contributed by atoms with van der Waals surface area (Å²) in [6.07, 6.45) is 0.621.